The molecule has 0 amide bonds. The first-order chi connectivity index (χ1) is 8.69. The molecule has 2 heteroatoms. The molecule has 1 aromatic carbocycles. The van der Waals surface area contributed by atoms with Crippen LogP contribution in [0.3, 0.4) is 0 Å². The van der Waals surface area contributed by atoms with Crippen molar-refractivity contribution in [3.05, 3.63) is 35.4 Å². The fourth-order valence-electron chi connectivity index (χ4n) is 2.10. The highest BCUT2D eigenvalue weighted by atomic mass is 15.1. The molecule has 1 unspecified atom stereocenters. The second-order valence-electron chi connectivity index (χ2n) is 5.19. The van der Waals surface area contributed by atoms with Gasteiger partial charge in [-0.05, 0) is 30.6 Å². The lowest BCUT2D eigenvalue weighted by Crippen LogP contribution is -2.27. The van der Waals surface area contributed by atoms with Crippen LogP contribution < -0.4 is 5.32 Å². The first-order valence-corrected chi connectivity index (χ1v) is 7.14. The van der Waals surface area contributed by atoms with E-state index in [1.807, 2.05) is 7.05 Å². The Bertz CT molecular complexity index is 318. The number of rotatable bonds is 8. The van der Waals surface area contributed by atoms with Crippen molar-refractivity contribution in [3.63, 3.8) is 0 Å². The molecular formula is C16H28N2. The van der Waals surface area contributed by atoms with Gasteiger partial charge in [0, 0.05) is 19.6 Å². The Morgan fingerprint density at radius 1 is 1.11 bits per heavy atom. The molecule has 2 nitrogen and oxygen atoms in total. The average molecular weight is 248 g/mol. The van der Waals surface area contributed by atoms with Crippen LogP contribution in [0.5, 0.6) is 0 Å². The molecule has 102 valence electrons. The summed E-state index contributed by atoms with van der Waals surface area (Å²) in [6, 6.07) is 8.96. The first kappa shape index (κ1) is 15.2. The fourth-order valence-corrected chi connectivity index (χ4v) is 2.10. The van der Waals surface area contributed by atoms with Gasteiger partial charge in [-0.15, -0.1) is 0 Å². The maximum Gasteiger partial charge on any atom is 0.0233 e. The van der Waals surface area contributed by atoms with Crippen molar-refractivity contribution in [2.45, 2.75) is 40.3 Å². The summed E-state index contributed by atoms with van der Waals surface area (Å²) in [5, 5.41) is 3.18. The Kier molecular flexibility index (Phi) is 6.99. The van der Waals surface area contributed by atoms with Gasteiger partial charge in [-0.25, -0.2) is 0 Å². The Morgan fingerprint density at radius 2 is 1.72 bits per heavy atom. The Labute approximate surface area is 112 Å². The minimum atomic E-state index is 0.786. The van der Waals surface area contributed by atoms with E-state index >= 15 is 0 Å². The smallest absolute Gasteiger partial charge is 0.0233 e. The quantitative estimate of drug-likeness (QED) is 0.759. The summed E-state index contributed by atoms with van der Waals surface area (Å²) >= 11 is 0. The molecular weight excluding hydrogens is 220 g/mol. The van der Waals surface area contributed by atoms with Crippen molar-refractivity contribution in [3.8, 4) is 0 Å². The molecule has 0 saturated heterocycles. The van der Waals surface area contributed by atoms with E-state index in [0.717, 1.165) is 25.6 Å². The SMILES string of the molecule is CCC(C)CN(CC)Cc1ccc(CNC)cc1. The number of benzene rings is 1. The van der Waals surface area contributed by atoms with Crippen LogP contribution >= 0.6 is 0 Å². The zero-order valence-electron chi connectivity index (χ0n) is 12.4. The molecule has 0 heterocycles. The van der Waals surface area contributed by atoms with Crippen LogP contribution in [0.1, 0.15) is 38.3 Å². The van der Waals surface area contributed by atoms with Crippen molar-refractivity contribution in [1.29, 1.82) is 0 Å². The maximum atomic E-state index is 3.18. The zero-order valence-corrected chi connectivity index (χ0v) is 12.4. The van der Waals surface area contributed by atoms with Crippen molar-refractivity contribution < 1.29 is 0 Å². The average Bonchev–Trinajstić information content (AvgIpc) is 2.40. The molecule has 1 aromatic rings. The summed E-state index contributed by atoms with van der Waals surface area (Å²) in [6.45, 7) is 11.2. The summed E-state index contributed by atoms with van der Waals surface area (Å²) < 4.78 is 0. The van der Waals surface area contributed by atoms with Gasteiger partial charge in [-0.2, -0.15) is 0 Å². The zero-order chi connectivity index (χ0) is 13.4. The lowest BCUT2D eigenvalue weighted by molar-refractivity contribution is 0.238. The highest BCUT2D eigenvalue weighted by Crippen LogP contribution is 2.10. The van der Waals surface area contributed by atoms with Crippen LogP contribution in [0.4, 0.5) is 0 Å². The van der Waals surface area contributed by atoms with Crippen LogP contribution in [-0.4, -0.2) is 25.0 Å². The molecule has 1 atom stereocenters. The van der Waals surface area contributed by atoms with Crippen LogP contribution in [-0.2, 0) is 13.1 Å². The molecule has 0 bridgehead atoms. The number of nitrogens with zero attached hydrogens (tertiary/aromatic N) is 1. The molecule has 0 aliphatic carbocycles. The van der Waals surface area contributed by atoms with E-state index in [1.165, 1.54) is 24.1 Å². The molecule has 0 spiro atoms. The highest BCUT2D eigenvalue weighted by Gasteiger charge is 2.07. The van der Waals surface area contributed by atoms with Crippen molar-refractivity contribution in [2.75, 3.05) is 20.1 Å². The van der Waals surface area contributed by atoms with E-state index in [0.29, 0.717) is 0 Å². The standard InChI is InChI=1S/C16H28N2/c1-5-14(3)12-18(6-2)13-16-9-7-15(8-10-16)11-17-4/h7-10,14,17H,5-6,11-13H2,1-4H3. The van der Waals surface area contributed by atoms with E-state index in [1.54, 1.807) is 0 Å². The molecule has 0 fully saturated rings. The second kappa shape index (κ2) is 8.28. The third-order valence-electron chi connectivity index (χ3n) is 3.52. The number of hydrogen-bond donors (Lipinski definition) is 1. The van der Waals surface area contributed by atoms with E-state index in [4.69, 9.17) is 0 Å². The van der Waals surface area contributed by atoms with Gasteiger partial charge >= 0.3 is 0 Å². The Hall–Kier alpha value is -0.860. The largest absolute Gasteiger partial charge is 0.316 e. The lowest BCUT2D eigenvalue weighted by atomic mass is 10.1. The predicted molar refractivity (Wildman–Crippen MR) is 79.6 cm³/mol. The van der Waals surface area contributed by atoms with E-state index in [-0.39, 0.29) is 0 Å². The summed E-state index contributed by atoms with van der Waals surface area (Å²) in [6.07, 6.45) is 1.26. The molecule has 0 aliphatic rings. The van der Waals surface area contributed by atoms with Gasteiger partial charge in [0.15, 0.2) is 0 Å². The van der Waals surface area contributed by atoms with Gasteiger partial charge in [0.1, 0.15) is 0 Å². The Morgan fingerprint density at radius 3 is 2.22 bits per heavy atom. The molecule has 0 saturated carbocycles. The monoisotopic (exact) mass is 248 g/mol. The van der Waals surface area contributed by atoms with Crippen LogP contribution in [0.2, 0.25) is 0 Å². The van der Waals surface area contributed by atoms with Crippen LogP contribution in [0.25, 0.3) is 0 Å². The topological polar surface area (TPSA) is 15.3 Å². The summed E-state index contributed by atoms with van der Waals surface area (Å²) in [4.78, 5) is 2.53. The van der Waals surface area contributed by atoms with E-state index < -0.39 is 0 Å². The van der Waals surface area contributed by atoms with Crippen molar-refractivity contribution in [1.82, 2.24) is 10.2 Å². The molecule has 1 N–H and O–H groups in total. The minimum absolute atomic E-state index is 0.786. The summed E-state index contributed by atoms with van der Waals surface area (Å²) in [5.74, 6) is 0.786. The van der Waals surface area contributed by atoms with E-state index in [2.05, 4.69) is 55.3 Å². The lowest BCUT2D eigenvalue weighted by Gasteiger charge is -2.23. The van der Waals surface area contributed by atoms with Gasteiger partial charge < -0.3 is 5.32 Å². The summed E-state index contributed by atoms with van der Waals surface area (Å²) in [5.41, 5.74) is 2.77. The molecule has 0 aromatic heterocycles. The Balaban J connectivity index is 2.53. The number of hydrogen-bond acceptors (Lipinski definition) is 2. The fraction of sp³-hybridized carbons (Fsp3) is 0.625. The van der Waals surface area contributed by atoms with Gasteiger partial charge in [0.25, 0.3) is 0 Å². The normalized spacial score (nSPS) is 12.9. The van der Waals surface area contributed by atoms with Gasteiger partial charge in [-0.3, -0.25) is 4.90 Å². The summed E-state index contributed by atoms with van der Waals surface area (Å²) in [7, 11) is 1.98. The van der Waals surface area contributed by atoms with Crippen LogP contribution in [0.15, 0.2) is 24.3 Å². The minimum Gasteiger partial charge on any atom is -0.316 e. The van der Waals surface area contributed by atoms with Gasteiger partial charge in [-0.1, -0.05) is 51.5 Å². The highest BCUT2D eigenvalue weighted by molar-refractivity contribution is 5.22. The van der Waals surface area contributed by atoms with Crippen molar-refractivity contribution >= 4 is 0 Å². The van der Waals surface area contributed by atoms with Crippen molar-refractivity contribution in [2.24, 2.45) is 5.92 Å². The van der Waals surface area contributed by atoms with E-state index in [9.17, 15) is 0 Å². The van der Waals surface area contributed by atoms with Crippen LogP contribution in [0, 0.1) is 5.92 Å². The first-order valence-electron chi connectivity index (χ1n) is 7.14. The third kappa shape index (κ3) is 5.19. The molecule has 0 radical (unpaired) electrons. The van der Waals surface area contributed by atoms with Gasteiger partial charge in [0.2, 0.25) is 0 Å². The second-order valence-corrected chi connectivity index (χ2v) is 5.19. The molecule has 0 aliphatic heterocycles. The predicted octanol–water partition coefficient (Wildman–Crippen LogP) is 3.27. The maximum absolute atomic E-state index is 3.18. The molecule has 18 heavy (non-hydrogen) atoms. The third-order valence-corrected chi connectivity index (χ3v) is 3.52. The number of nitrogens with one attached hydrogen (secondary N) is 1. The van der Waals surface area contributed by atoms with Gasteiger partial charge in [0.05, 0.1) is 0 Å². The molecule has 1 rings (SSSR count).